The monoisotopic (exact) mass is 468 g/mol. The highest BCUT2D eigenvalue weighted by Crippen LogP contribution is 2.31. The van der Waals surface area contributed by atoms with Gasteiger partial charge in [-0.15, -0.1) is 10.2 Å². The van der Waals surface area contributed by atoms with Crippen LogP contribution in [0.15, 0.2) is 65.0 Å². The first-order valence-corrected chi connectivity index (χ1v) is 11.2. The van der Waals surface area contributed by atoms with E-state index in [0.717, 1.165) is 33.9 Å². The summed E-state index contributed by atoms with van der Waals surface area (Å²) in [6, 6.07) is 17.1. The third-order valence-electron chi connectivity index (χ3n) is 4.43. The molecule has 2 amide bonds. The molecule has 10 heteroatoms. The molecule has 0 aliphatic rings. The number of methoxy groups -OCH3 is 1. The molecule has 0 spiro atoms. The van der Waals surface area contributed by atoms with Crippen molar-refractivity contribution in [3.8, 4) is 5.75 Å². The van der Waals surface area contributed by atoms with Crippen LogP contribution in [0.2, 0.25) is 0 Å². The number of fused-ring (bicyclic) bond motifs is 1. The Morgan fingerprint density at radius 1 is 1.03 bits per heavy atom. The summed E-state index contributed by atoms with van der Waals surface area (Å²) in [5.41, 5.74) is 0.493. The molecule has 4 aromatic rings. The van der Waals surface area contributed by atoms with Gasteiger partial charge < -0.3 is 10.1 Å². The smallest absolute Gasteiger partial charge is 0.261 e. The zero-order chi connectivity index (χ0) is 22.5. The van der Waals surface area contributed by atoms with Crippen molar-refractivity contribution in [3.63, 3.8) is 0 Å². The van der Waals surface area contributed by atoms with Gasteiger partial charge >= 0.3 is 0 Å². The highest BCUT2D eigenvalue weighted by atomic mass is 32.2. The molecule has 0 fully saturated rings. The molecule has 3 aromatic carbocycles. The van der Waals surface area contributed by atoms with Crippen molar-refractivity contribution < 1.29 is 18.7 Å². The maximum absolute atomic E-state index is 13.6. The zero-order valence-corrected chi connectivity index (χ0v) is 18.4. The van der Waals surface area contributed by atoms with Gasteiger partial charge in [-0.2, -0.15) is 0 Å². The van der Waals surface area contributed by atoms with Crippen LogP contribution in [0.3, 0.4) is 0 Å². The van der Waals surface area contributed by atoms with Gasteiger partial charge in [-0.3, -0.25) is 14.9 Å². The van der Waals surface area contributed by atoms with Crippen molar-refractivity contribution in [1.29, 1.82) is 0 Å². The second kappa shape index (κ2) is 9.75. The minimum absolute atomic E-state index is 0.0232. The summed E-state index contributed by atoms with van der Waals surface area (Å²) in [4.78, 5) is 24.8. The molecule has 0 aliphatic carbocycles. The van der Waals surface area contributed by atoms with Gasteiger partial charge in [-0.25, -0.2) is 4.39 Å². The fraction of sp³-hybridized carbons (Fsp3) is 0.0909. The van der Waals surface area contributed by atoms with E-state index in [-0.39, 0.29) is 23.3 Å². The standard InChI is InChI=1S/C22H17FN4O3S2/c1-30-19-14-7-3-2-6-13(14)10-11-15(19)20(29)25-21-26-27-22(32-21)31-12-18(28)24-17-9-5-4-8-16(17)23/h2-11H,12H2,1H3,(H,24,28)(H,25,26,29). The number of carbonyl (C=O) groups excluding carboxylic acids is 2. The first-order chi connectivity index (χ1) is 15.5. The van der Waals surface area contributed by atoms with E-state index in [1.54, 1.807) is 18.2 Å². The maximum Gasteiger partial charge on any atom is 0.261 e. The molecule has 32 heavy (non-hydrogen) atoms. The van der Waals surface area contributed by atoms with Gasteiger partial charge in [0.1, 0.15) is 11.6 Å². The molecule has 4 rings (SSSR count). The highest BCUT2D eigenvalue weighted by molar-refractivity contribution is 8.01. The Hall–Kier alpha value is -3.50. The summed E-state index contributed by atoms with van der Waals surface area (Å²) in [5, 5.41) is 15.3. The number of amides is 2. The van der Waals surface area contributed by atoms with Crippen molar-refractivity contribution in [2.45, 2.75) is 4.34 Å². The average Bonchev–Trinajstić information content (AvgIpc) is 3.25. The third-order valence-corrected chi connectivity index (χ3v) is 6.40. The molecular formula is C22H17FN4O3S2. The van der Waals surface area contributed by atoms with Crippen LogP contribution < -0.4 is 15.4 Å². The molecule has 1 aromatic heterocycles. The molecule has 0 atom stereocenters. The summed E-state index contributed by atoms with van der Waals surface area (Å²) < 4.78 is 19.6. The number of nitrogens with one attached hydrogen (secondary N) is 2. The van der Waals surface area contributed by atoms with E-state index >= 15 is 0 Å². The number of hydrogen-bond donors (Lipinski definition) is 2. The molecule has 0 aliphatic heterocycles. The lowest BCUT2D eigenvalue weighted by Crippen LogP contribution is -2.14. The van der Waals surface area contributed by atoms with E-state index in [1.807, 2.05) is 30.3 Å². The maximum atomic E-state index is 13.6. The molecule has 0 unspecified atom stereocenters. The molecule has 2 N–H and O–H groups in total. The zero-order valence-electron chi connectivity index (χ0n) is 16.8. The van der Waals surface area contributed by atoms with Crippen LogP contribution in [-0.4, -0.2) is 34.9 Å². The lowest BCUT2D eigenvalue weighted by molar-refractivity contribution is -0.113. The second-order valence-electron chi connectivity index (χ2n) is 6.51. The van der Waals surface area contributed by atoms with Crippen LogP contribution in [0.1, 0.15) is 10.4 Å². The van der Waals surface area contributed by atoms with Crippen LogP contribution in [0.25, 0.3) is 10.8 Å². The van der Waals surface area contributed by atoms with Gasteiger partial charge in [0.15, 0.2) is 4.34 Å². The summed E-state index contributed by atoms with van der Waals surface area (Å²) in [7, 11) is 1.52. The SMILES string of the molecule is COc1c(C(=O)Nc2nnc(SCC(=O)Nc3ccccc3F)s2)ccc2ccccc12. The van der Waals surface area contributed by atoms with Crippen LogP contribution in [0.5, 0.6) is 5.75 Å². The predicted octanol–water partition coefficient (Wildman–Crippen LogP) is 4.82. The molecule has 0 radical (unpaired) electrons. The predicted molar refractivity (Wildman–Crippen MR) is 124 cm³/mol. The summed E-state index contributed by atoms with van der Waals surface area (Å²) >= 11 is 2.28. The van der Waals surface area contributed by atoms with E-state index in [4.69, 9.17) is 4.74 Å². The number of ether oxygens (including phenoxy) is 1. The number of hydrogen-bond acceptors (Lipinski definition) is 7. The van der Waals surface area contributed by atoms with Crippen LogP contribution in [-0.2, 0) is 4.79 Å². The number of anilines is 2. The van der Waals surface area contributed by atoms with E-state index in [1.165, 1.54) is 19.2 Å². The largest absolute Gasteiger partial charge is 0.495 e. The minimum atomic E-state index is -0.504. The lowest BCUT2D eigenvalue weighted by Gasteiger charge is -2.11. The number of para-hydroxylation sites is 1. The second-order valence-corrected chi connectivity index (χ2v) is 8.71. The Labute approximate surface area is 191 Å². The Kier molecular flexibility index (Phi) is 6.62. The Bertz CT molecular complexity index is 1300. The third kappa shape index (κ3) is 4.87. The number of nitrogens with zero attached hydrogens (tertiary/aromatic N) is 2. The molecule has 7 nitrogen and oxygen atoms in total. The number of thioether (sulfide) groups is 1. The molecule has 0 saturated carbocycles. The van der Waals surface area contributed by atoms with E-state index < -0.39 is 5.82 Å². The molecule has 0 saturated heterocycles. The number of rotatable bonds is 7. The van der Waals surface area contributed by atoms with Crippen molar-refractivity contribution >= 4 is 56.5 Å². The minimum Gasteiger partial charge on any atom is -0.495 e. The summed E-state index contributed by atoms with van der Waals surface area (Å²) in [6.45, 7) is 0. The van der Waals surface area contributed by atoms with Gasteiger partial charge in [0.05, 0.1) is 24.1 Å². The molecule has 0 bridgehead atoms. The van der Waals surface area contributed by atoms with Crippen molar-refractivity contribution in [2.75, 3.05) is 23.5 Å². The van der Waals surface area contributed by atoms with Crippen molar-refractivity contribution in [2.24, 2.45) is 0 Å². The van der Waals surface area contributed by atoms with E-state index in [9.17, 15) is 14.0 Å². The van der Waals surface area contributed by atoms with Gasteiger partial charge in [0, 0.05) is 5.39 Å². The van der Waals surface area contributed by atoms with Crippen LogP contribution in [0, 0.1) is 5.82 Å². The van der Waals surface area contributed by atoms with Crippen LogP contribution >= 0.6 is 23.1 Å². The lowest BCUT2D eigenvalue weighted by atomic mass is 10.0. The van der Waals surface area contributed by atoms with Crippen molar-refractivity contribution in [3.05, 3.63) is 72.0 Å². The first kappa shape index (κ1) is 21.7. The Morgan fingerprint density at radius 2 is 1.81 bits per heavy atom. The number of benzene rings is 3. The van der Waals surface area contributed by atoms with Gasteiger partial charge in [-0.1, -0.05) is 65.6 Å². The summed E-state index contributed by atoms with van der Waals surface area (Å²) in [5.74, 6) is -0.755. The quantitative estimate of drug-likeness (QED) is 0.298. The van der Waals surface area contributed by atoms with Crippen molar-refractivity contribution in [1.82, 2.24) is 10.2 Å². The normalized spacial score (nSPS) is 10.7. The average molecular weight is 469 g/mol. The van der Waals surface area contributed by atoms with Gasteiger partial charge in [0.2, 0.25) is 11.0 Å². The van der Waals surface area contributed by atoms with E-state index in [0.29, 0.717) is 20.8 Å². The first-order valence-electron chi connectivity index (χ1n) is 9.43. The Morgan fingerprint density at radius 3 is 2.62 bits per heavy atom. The highest BCUT2D eigenvalue weighted by Gasteiger charge is 2.17. The fourth-order valence-electron chi connectivity index (χ4n) is 3.00. The molecule has 162 valence electrons. The van der Waals surface area contributed by atoms with Crippen LogP contribution in [0.4, 0.5) is 15.2 Å². The van der Waals surface area contributed by atoms with E-state index in [2.05, 4.69) is 20.8 Å². The van der Waals surface area contributed by atoms with Gasteiger partial charge in [-0.05, 0) is 23.6 Å². The number of carbonyl (C=O) groups is 2. The fourth-order valence-corrected chi connectivity index (χ4v) is 4.55. The van der Waals surface area contributed by atoms with Gasteiger partial charge in [0.25, 0.3) is 5.91 Å². The topological polar surface area (TPSA) is 93.2 Å². The molecule has 1 heterocycles. The Balaban J connectivity index is 1.39. The number of aromatic nitrogens is 2. The summed E-state index contributed by atoms with van der Waals surface area (Å²) in [6.07, 6.45) is 0. The molecular weight excluding hydrogens is 451 g/mol. The number of halogens is 1.